The highest BCUT2D eigenvalue weighted by Crippen LogP contribution is 2.34. The zero-order valence-electron chi connectivity index (χ0n) is 10.8. The van der Waals surface area contributed by atoms with Gasteiger partial charge in [-0.15, -0.1) is 0 Å². The number of rotatable bonds is 1. The van der Waals surface area contributed by atoms with Crippen LogP contribution in [-0.2, 0) is 0 Å². The average Bonchev–Trinajstić information content (AvgIpc) is 2.41. The number of hydrazone groups is 1. The number of nitrogens with zero attached hydrogens (tertiary/aromatic N) is 2. The Labute approximate surface area is 108 Å². The summed E-state index contributed by atoms with van der Waals surface area (Å²) in [6.07, 6.45) is 2.11. The first-order chi connectivity index (χ1) is 8.84. The molecule has 0 aliphatic carbocycles. The second kappa shape index (κ2) is 4.98. The SMILES string of the molecule is Cc1cccc2c1OCCN2N=C1CCNCC1. The zero-order valence-corrected chi connectivity index (χ0v) is 10.8. The van der Waals surface area contributed by atoms with Gasteiger partial charge in [-0.25, -0.2) is 0 Å². The minimum Gasteiger partial charge on any atom is -0.489 e. The number of hydrogen-bond acceptors (Lipinski definition) is 4. The van der Waals surface area contributed by atoms with Crippen molar-refractivity contribution in [2.75, 3.05) is 31.3 Å². The van der Waals surface area contributed by atoms with E-state index in [0.717, 1.165) is 43.9 Å². The van der Waals surface area contributed by atoms with E-state index in [4.69, 9.17) is 9.84 Å². The molecule has 0 atom stereocenters. The van der Waals surface area contributed by atoms with Crippen LogP contribution in [0.2, 0.25) is 0 Å². The van der Waals surface area contributed by atoms with Crippen LogP contribution in [0, 0.1) is 6.92 Å². The van der Waals surface area contributed by atoms with Crippen molar-refractivity contribution in [2.45, 2.75) is 19.8 Å². The summed E-state index contributed by atoms with van der Waals surface area (Å²) >= 11 is 0. The molecule has 2 heterocycles. The number of nitrogens with one attached hydrogen (secondary N) is 1. The van der Waals surface area contributed by atoms with Gasteiger partial charge in [0.25, 0.3) is 0 Å². The molecule has 1 aromatic rings. The summed E-state index contributed by atoms with van der Waals surface area (Å²) in [6.45, 7) is 5.73. The molecule has 0 saturated carbocycles. The Hall–Kier alpha value is -1.55. The van der Waals surface area contributed by atoms with Gasteiger partial charge in [-0.05, 0) is 18.6 Å². The van der Waals surface area contributed by atoms with Gasteiger partial charge in [0.15, 0.2) is 0 Å². The Morgan fingerprint density at radius 3 is 2.94 bits per heavy atom. The Morgan fingerprint density at radius 1 is 1.28 bits per heavy atom. The molecule has 2 aliphatic rings. The fourth-order valence-electron chi connectivity index (χ4n) is 2.47. The molecule has 0 bridgehead atoms. The highest BCUT2D eigenvalue weighted by molar-refractivity contribution is 5.86. The van der Waals surface area contributed by atoms with Crippen LogP contribution in [0.15, 0.2) is 23.3 Å². The first-order valence-corrected chi connectivity index (χ1v) is 6.61. The van der Waals surface area contributed by atoms with Crippen LogP contribution in [0.3, 0.4) is 0 Å². The molecule has 0 amide bonds. The molecule has 4 heteroatoms. The summed E-state index contributed by atoms with van der Waals surface area (Å²) in [4.78, 5) is 0. The predicted octanol–water partition coefficient (Wildman–Crippen LogP) is 1.93. The van der Waals surface area contributed by atoms with Gasteiger partial charge in [-0.2, -0.15) is 5.10 Å². The van der Waals surface area contributed by atoms with Crippen LogP contribution in [0.4, 0.5) is 5.69 Å². The molecular formula is C14H19N3O. The van der Waals surface area contributed by atoms with Crippen LogP contribution in [-0.4, -0.2) is 32.0 Å². The van der Waals surface area contributed by atoms with Crippen molar-refractivity contribution < 1.29 is 4.74 Å². The normalized spacial score (nSPS) is 19.2. The number of fused-ring (bicyclic) bond motifs is 1. The smallest absolute Gasteiger partial charge is 0.147 e. The Morgan fingerprint density at radius 2 is 2.11 bits per heavy atom. The van der Waals surface area contributed by atoms with E-state index in [1.807, 2.05) is 0 Å². The van der Waals surface area contributed by atoms with Crippen molar-refractivity contribution in [2.24, 2.45) is 5.10 Å². The number of ether oxygens (including phenoxy) is 1. The van der Waals surface area contributed by atoms with Gasteiger partial charge < -0.3 is 10.1 Å². The molecule has 1 saturated heterocycles. The average molecular weight is 245 g/mol. The maximum Gasteiger partial charge on any atom is 0.147 e. The van der Waals surface area contributed by atoms with E-state index < -0.39 is 0 Å². The van der Waals surface area contributed by atoms with Crippen molar-refractivity contribution in [1.29, 1.82) is 0 Å². The van der Waals surface area contributed by atoms with Crippen molar-refractivity contribution in [3.05, 3.63) is 23.8 Å². The fourth-order valence-corrected chi connectivity index (χ4v) is 2.47. The largest absolute Gasteiger partial charge is 0.489 e. The quantitative estimate of drug-likeness (QED) is 0.821. The summed E-state index contributed by atoms with van der Waals surface area (Å²) < 4.78 is 5.75. The van der Waals surface area contributed by atoms with Crippen LogP contribution in [0.1, 0.15) is 18.4 Å². The lowest BCUT2D eigenvalue weighted by Crippen LogP contribution is -2.33. The molecule has 1 aromatic carbocycles. The Bertz CT molecular complexity index is 462. The summed E-state index contributed by atoms with van der Waals surface area (Å²) in [6, 6.07) is 6.24. The third kappa shape index (κ3) is 2.20. The van der Waals surface area contributed by atoms with Crippen molar-refractivity contribution in [3.8, 4) is 5.75 Å². The summed E-state index contributed by atoms with van der Waals surface area (Å²) in [5.41, 5.74) is 3.58. The van der Waals surface area contributed by atoms with Crippen molar-refractivity contribution in [3.63, 3.8) is 0 Å². The molecule has 2 aliphatic heterocycles. The third-order valence-electron chi connectivity index (χ3n) is 3.46. The second-order valence-electron chi connectivity index (χ2n) is 4.81. The van der Waals surface area contributed by atoms with Gasteiger partial charge in [0.2, 0.25) is 0 Å². The van der Waals surface area contributed by atoms with Crippen LogP contribution in [0.25, 0.3) is 0 Å². The van der Waals surface area contributed by atoms with E-state index in [9.17, 15) is 0 Å². The van der Waals surface area contributed by atoms with Gasteiger partial charge in [-0.3, -0.25) is 5.01 Å². The van der Waals surface area contributed by atoms with Gasteiger partial charge in [0.1, 0.15) is 18.0 Å². The molecule has 96 valence electrons. The number of para-hydroxylation sites is 1. The second-order valence-corrected chi connectivity index (χ2v) is 4.81. The maximum atomic E-state index is 5.75. The van der Waals surface area contributed by atoms with Crippen molar-refractivity contribution >= 4 is 11.4 Å². The molecule has 1 fully saturated rings. The monoisotopic (exact) mass is 245 g/mol. The number of aryl methyl sites for hydroxylation is 1. The lowest BCUT2D eigenvalue weighted by Gasteiger charge is -2.29. The maximum absolute atomic E-state index is 5.75. The highest BCUT2D eigenvalue weighted by atomic mass is 16.5. The van der Waals surface area contributed by atoms with Crippen LogP contribution < -0.4 is 15.1 Å². The van der Waals surface area contributed by atoms with E-state index in [2.05, 4.69) is 35.4 Å². The molecule has 0 radical (unpaired) electrons. The summed E-state index contributed by atoms with van der Waals surface area (Å²) in [5, 5.41) is 10.3. The number of benzene rings is 1. The molecule has 0 unspecified atom stereocenters. The molecule has 0 aromatic heterocycles. The van der Waals surface area contributed by atoms with E-state index in [1.54, 1.807) is 0 Å². The van der Waals surface area contributed by atoms with Gasteiger partial charge in [0.05, 0.1) is 6.54 Å². The minimum absolute atomic E-state index is 0.715. The topological polar surface area (TPSA) is 36.9 Å². The zero-order chi connectivity index (χ0) is 12.4. The van der Waals surface area contributed by atoms with Gasteiger partial charge >= 0.3 is 0 Å². The fraction of sp³-hybridized carbons (Fsp3) is 0.500. The van der Waals surface area contributed by atoms with Crippen LogP contribution >= 0.6 is 0 Å². The molecule has 0 spiro atoms. The van der Waals surface area contributed by atoms with Gasteiger partial charge in [0, 0.05) is 31.6 Å². The Kier molecular flexibility index (Phi) is 3.19. The first-order valence-electron chi connectivity index (χ1n) is 6.61. The highest BCUT2D eigenvalue weighted by Gasteiger charge is 2.20. The number of piperidine rings is 1. The first kappa shape index (κ1) is 11.5. The molecule has 1 N–H and O–H groups in total. The molecule has 3 rings (SSSR count). The molecule has 4 nitrogen and oxygen atoms in total. The molecular weight excluding hydrogens is 226 g/mol. The molecule has 18 heavy (non-hydrogen) atoms. The third-order valence-corrected chi connectivity index (χ3v) is 3.46. The number of hydrogen-bond donors (Lipinski definition) is 1. The van der Waals surface area contributed by atoms with E-state index in [0.29, 0.717) is 6.61 Å². The standard InChI is InChI=1S/C14H19N3O/c1-11-3-2-4-13-14(11)18-10-9-17(13)16-12-5-7-15-8-6-12/h2-4,15H,5-10H2,1H3. The predicted molar refractivity (Wildman–Crippen MR) is 73.6 cm³/mol. The van der Waals surface area contributed by atoms with Crippen LogP contribution in [0.5, 0.6) is 5.75 Å². The minimum atomic E-state index is 0.715. The lowest BCUT2D eigenvalue weighted by molar-refractivity contribution is 0.306. The van der Waals surface area contributed by atoms with Gasteiger partial charge in [-0.1, -0.05) is 12.1 Å². The number of anilines is 1. The lowest BCUT2D eigenvalue weighted by atomic mass is 10.1. The summed E-state index contributed by atoms with van der Waals surface area (Å²) in [5.74, 6) is 0.988. The van der Waals surface area contributed by atoms with E-state index in [1.165, 1.54) is 11.3 Å². The van der Waals surface area contributed by atoms with E-state index >= 15 is 0 Å². The summed E-state index contributed by atoms with van der Waals surface area (Å²) in [7, 11) is 0. The Balaban J connectivity index is 1.89. The van der Waals surface area contributed by atoms with Crippen molar-refractivity contribution in [1.82, 2.24) is 5.32 Å². The van der Waals surface area contributed by atoms with E-state index in [-0.39, 0.29) is 0 Å².